The fourth-order valence-electron chi connectivity index (χ4n) is 3.15. The average molecular weight is 340 g/mol. The summed E-state index contributed by atoms with van der Waals surface area (Å²) in [5.74, 6) is 0. The number of aliphatic hydroxyl groups excluding tert-OH is 8. The predicted octanol–water partition coefficient (Wildman–Crippen LogP) is -4.94. The minimum atomic E-state index is -1.72. The molecule has 23 heavy (non-hydrogen) atoms. The van der Waals surface area contributed by atoms with E-state index in [1.165, 1.54) is 0 Å². The lowest BCUT2D eigenvalue weighted by Crippen LogP contribution is -2.61. The third-order valence-electron chi connectivity index (χ3n) is 4.61. The van der Waals surface area contributed by atoms with Gasteiger partial charge in [0.05, 0.1) is 25.9 Å². The van der Waals surface area contributed by atoms with Crippen LogP contribution in [0.3, 0.4) is 0 Å². The first-order chi connectivity index (χ1) is 10.8. The quantitative estimate of drug-likeness (QED) is 0.241. The molecule has 0 aliphatic carbocycles. The molecular weight excluding hydrogens is 316 g/mol. The summed E-state index contributed by atoms with van der Waals surface area (Å²) in [7, 11) is 0. The van der Waals surface area contributed by atoms with Crippen molar-refractivity contribution in [1.29, 1.82) is 0 Å². The summed E-state index contributed by atoms with van der Waals surface area (Å²) < 4.78 is 10.7. The summed E-state index contributed by atoms with van der Waals surface area (Å²) in [5.41, 5.74) is -1.72. The van der Waals surface area contributed by atoms with Gasteiger partial charge < -0.3 is 50.3 Å². The number of aliphatic hydroxyl groups is 8. The van der Waals surface area contributed by atoms with Gasteiger partial charge in [-0.2, -0.15) is 0 Å². The zero-order valence-corrected chi connectivity index (χ0v) is 12.3. The van der Waals surface area contributed by atoms with E-state index < -0.39 is 74.3 Å². The van der Waals surface area contributed by atoms with Gasteiger partial charge in [0.25, 0.3) is 0 Å². The Kier molecular flexibility index (Phi) is 5.95. The highest BCUT2D eigenvalue weighted by atomic mass is 16.6. The van der Waals surface area contributed by atoms with Crippen LogP contribution in [0.25, 0.3) is 0 Å². The maximum absolute atomic E-state index is 10.1. The van der Waals surface area contributed by atoms with Gasteiger partial charge in [-0.25, -0.2) is 0 Å². The van der Waals surface area contributed by atoms with Crippen molar-refractivity contribution in [2.24, 2.45) is 0 Å². The first-order valence-corrected chi connectivity index (χ1v) is 7.37. The van der Waals surface area contributed by atoms with Gasteiger partial charge in [0.2, 0.25) is 0 Å². The molecule has 0 bridgehead atoms. The zero-order valence-electron chi connectivity index (χ0n) is 12.3. The third kappa shape index (κ3) is 3.24. The molecule has 10 heteroatoms. The van der Waals surface area contributed by atoms with Crippen molar-refractivity contribution in [3.63, 3.8) is 0 Å². The standard InChI is InChI=1S/C13H24O10/c14-2-6-9(18)11(20)8(17)5(22-6)1-13(4-16)12(21)10(19)7(3-15)23-13/h5-12,14-21H,1-4H2/t5-,6-,7-,8+,9-,10-,11-,12+,13-/m1/s1. The molecule has 2 fully saturated rings. The minimum absolute atomic E-state index is 0.334. The van der Waals surface area contributed by atoms with E-state index in [-0.39, 0.29) is 6.42 Å². The van der Waals surface area contributed by atoms with Crippen LogP contribution in [0.2, 0.25) is 0 Å². The van der Waals surface area contributed by atoms with E-state index in [1.54, 1.807) is 0 Å². The van der Waals surface area contributed by atoms with Gasteiger partial charge in [0, 0.05) is 6.42 Å². The highest BCUT2D eigenvalue weighted by Gasteiger charge is 2.56. The topological polar surface area (TPSA) is 180 Å². The Hall–Kier alpha value is -0.400. The van der Waals surface area contributed by atoms with Crippen LogP contribution < -0.4 is 0 Å². The van der Waals surface area contributed by atoms with Crippen LogP contribution >= 0.6 is 0 Å². The number of rotatable bonds is 5. The first kappa shape index (κ1) is 18.9. The second-order valence-electron chi connectivity index (χ2n) is 6.07. The molecule has 2 aliphatic heterocycles. The fraction of sp³-hybridized carbons (Fsp3) is 1.00. The lowest BCUT2D eigenvalue weighted by Gasteiger charge is -2.43. The van der Waals surface area contributed by atoms with Crippen molar-refractivity contribution in [3.8, 4) is 0 Å². The van der Waals surface area contributed by atoms with Gasteiger partial charge in [-0.15, -0.1) is 0 Å². The molecule has 8 N–H and O–H groups in total. The second-order valence-corrected chi connectivity index (χ2v) is 6.07. The Labute approximate surface area is 132 Å². The number of hydrogen-bond donors (Lipinski definition) is 8. The Morgan fingerprint density at radius 2 is 1.26 bits per heavy atom. The minimum Gasteiger partial charge on any atom is -0.394 e. The van der Waals surface area contributed by atoms with E-state index in [4.69, 9.17) is 19.7 Å². The van der Waals surface area contributed by atoms with E-state index in [1.807, 2.05) is 0 Å². The molecule has 0 aromatic heterocycles. The van der Waals surface area contributed by atoms with Crippen molar-refractivity contribution in [2.45, 2.75) is 60.9 Å². The maximum Gasteiger partial charge on any atom is 0.123 e. The summed E-state index contributed by atoms with van der Waals surface area (Å²) in [6.07, 6.45) is -11.5. The fourth-order valence-corrected chi connectivity index (χ4v) is 3.15. The van der Waals surface area contributed by atoms with E-state index in [2.05, 4.69) is 0 Å². The highest BCUT2D eigenvalue weighted by Crippen LogP contribution is 2.37. The Morgan fingerprint density at radius 1 is 0.696 bits per heavy atom. The summed E-state index contributed by atoms with van der Waals surface area (Å²) in [6, 6.07) is 0. The van der Waals surface area contributed by atoms with E-state index in [0.29, 0.717) is 0 Å². The van der Waals surface area contributed by atoms with Crippen LogP contribution in [0.1, 0.15) is 6.42 Å². The Morgan fingerprint density at radius 3 is 1.74 bits per heavy atom. The first-order valence-electron chi connectivity index (χ1n) is 7.37. The van der Waals surface area contributed by atoms with Crippen molar-refractivity contribution < 1.29 is 50.3 Å². The molecule has 0 radical (unpaired) electrons. The second kappa shape index (κ2) is 7.23. The smallest absolute Gasteiger partial charge is 0.123 e. The Bertz CT molecular complexity index is 393. The van der Waals surface area contributed by atoms with Gasteiger partial charge in [0.1, 0.15) is 48.3 Å². The van der Waals surface area contributed by atoms with Gasteiger partial charge in [-0.05, 0) is 0 Å². The largest absolute Gasteiger partial charge is 0.394 e. The van der Waals surface area contributed by atoms with Gasteiger partial charge in [-0.3, -0.25) is 0 Å². The molecule has 0 aromatic rings. The molecule has 136 valence electrons. The third-order valence-corrected chi connectivity index (χ3v) is 4.61. The van der Waals surface area contributed by atoms with Crippen LogP contribution in [0.5, 0.6) is 0 Å². The van der Waals surface area contributed by atoms with Crippen LogP contribution in [0.4, 0.5) is 0 Å². The molecule has 2 rings (SSSR count). The number of hydrogen-bond acceptors (Lipinski definition) is 10. The van der Waals surface area contributed by atoms with Gasteiger partial charge in [-0.1, -0.05) is 0 Å². The molecule has 0 amide bonds. The van der Waals surface area contributed by atoms with E-state index in [9.17, 15) is 30.6 Å². The normalized spacial score (nSPS) is 51.1. The molecule has 2 saturated heterocycles. The lowest BCUT2D eigenvalue weighted by atomic mass is 9.84. The van der Waals surface area contributed by atoms with E-state index in [0.717, 1.165) is 0 Å². The molecule has 0 spiro atoms. The molecule has 2 heterocycles. The lowest BCUT2D eigenvalue weighted by molar-refractivity contribution is -0.247. The van der Waals surface area contributed by atoms with Crippen molar-refractivity contribution in [3.05, 3.63) is 0 Å². The monoisotopic (exact) mass is 340 g/mol. The van der Waals surface area contributed by atoms with Crippen LogP contribution in [-0.4, -0.2) is 115 Å². The summed E-state index contributed by atoms with van der Waals surface area (Å²) >= 11 is 0. The predicted molar refractivity (Wildman–Crippen MR) is 72.2 cm³/mol. The number of ether oxygens (including phenoxy) is 2. The highest BCUT2D eigenvalue weighted by molar-refractivity contribution is 5.05. The van der Waals surface area contributed by atoms with Crippen LogP contribution in [0, 0.1) is 0 Å². The SMILES string of the molecule is OC[C@H]1O[C@@](CO)(C[C@H]2O[C@H](CO)[C@@H](O)[C@H](O)[C@H]2O)[C@@H](O)[C@@H]1O. The average Bonchev–Trinajstić information content (AvgIpc) is 2.80. The van der Waals surface area contributed by atoms with Crippen LogP contribution in [0.15, 0.2) is 0 Å². The molecule has 0 unspecified atom stereocenters. The van der Waals surface area contributed by atoms with Gasteiger partial charge >= 0.3 is 0 Å². The van der Waals surface area contributed by atoms with E-state index >= 15 is 0 Å². The molecule has 2 aliphatic rings. The molecule has 10 nitrogen and oxygen atoms in total. The summed E-state index contributed by atoms with van der Waals surface area (Å²) in [5, 5.41) is 77.4. The van der Waals surface area contributed by atoms with Gasteiger partial charge in [0.15, 0.2) is 0 Å². The molecule has 0 aromatic carbocycles. The Balaban J connectivity index is 2.18. The molecule has 9 atom stereocenters. The summed E-state index contributed by atoms with van der Waals surface area (Å²) in [6.45, 7) is -1.94. The summed E-state index contributed by atoms with van der Waals surface area (Å²) in [4.78, 5) is 0. The zero-order chi connectivity index (χ0) is 17.4. The van der Waals surface area contributed by atoms with Crippen molar-refractivity contribution in [1.82, 2.24) is 0 Å². The molecular formula is C13H24O10. The van der Waals surface area contributed by atoms with Crippen molar-refractivity contribution >= 4 is 0 Å². The molecule has 0 saturated carbocycles. The van der Waals surface area contributed by atoms with Crippen molar-refractivity contribution in [2.75, 3.05) is 19.8 Å². The maximum atomic E-state index is 10.1. The van der Waals surface area contributed by atoms with Crippen LogP contribution in [-0.2, 0) is 9.47 Å².